The van der Waals surface area contributed by atoms with Crippen LogP contribution < -0.4 is 9.42 Å². The molecule has 0 unspecified atom stereocenters. The van der Waals surface area contributed by atoms with Gasteiger partial charge in [-0.1, -0.05) is 22.9 Å². The highest BCUT2D eigenvalue weighted by molar-refractivity contribution is 5.84. The van der Waals surface area contributed by atoms with Gasteiger partial charge in [0.2, 0.25) is 6.54 Å². The normalized spacial score (nSPS) is 10.3. The van der Waals surface area contributed by atoms with E-state index in [1.54, 1.807) is 12.1 Å². The molecule has 1 heterocycles. The van der Waals surface area contributed by atoms with Crippen molar-refractivity contribution in [2.45, 2.75) is 20.1 Å². The minimum Gasteiger partial charge on any atom is -0.485 e. The zero-order valence-corrected chi connectivity index (χ0v) is 11.2. The van der Waals surface area contributed by atoms with E-state index in [4.69, 9.17) is 14.9 Å². The van der Waals surface area contributed by atoms with E-state index < -0.39 is 18.5 Å². The second-order valence-corrected chi connectivity index (χ2v) is 4.39. The largest absolute Gasteiger partial charge is 0.485 e. The van der Waals surface area contributed by atoms with E-state index in [0.29, 0.717) is 5.75 Å². The number of H-pyrrole nitrogens is 1. The third kappa shape index (κ3) is 3.56. The number of carboxylic acids is 2. The van der Waals surface area contributed by atoms with Crippen LogP contribution in [0.3, 0.4) is 0 Å². The highest BCUT2D eigenvalue weighted by Gasteiger charge is 2.29. The van der Waals surface area contributed by atoms with Gasteiger partial charge in [0, 0.05) is 5.10 Å². The second kappa shape index (κ2) is 6.04. The van der Waals surface area contributed by atoms with Crippen LogP contribution >= 0.6 is 0 Å². The number of nitrogens with zero attached hydrogens (tertiary/aromatic N) is 2. The molecule has 8 nitrogen and oxygen atoms in total. The van der Waals surface area contributed by atoms with Gasteiger partial charge < -0.3 is 14.9 Å². The van der Waals surface area contributed by atoms with Gasteiger partial charge in [0.15, 0.2) is 6.61 Å². The molecule has 21 heavy (non-hydrogen) atoms. The van der Waals surface area contributed by atoms with Crippen molar-refractivity contribution in [1.29, 1.82) is 0 Å². The first-order valence-corrected chi connectivity index (χ1v) is 6.09. The smallest absolute Gasteiger partial charge is 0.382 e. The van der Waals surface area contributed by atoms with Gasteiger partial charge in [-0.25, -0.2) is 9.59 Å². The van der Waals surface area contributed by atoms with Crippen LogP contribution in [0.5, 0.6) is 5.75 Å². The summed E-state index contributed by atoms with van der Waals surface area (Å²) in [5.41, 5.74) is 0.974. The lowest BCUT2D eigenvalue weighted by Gasteiger charge is -2.02. The molecular weight excluding hydrogens is 278 g/mol. The molecule has 3 N–H and O–H groups in total. The molecule has 0 radical (unpaired) electrons. The molecule has 0 spiro atoms. The van der Waals surface area contributed by atoms with Crippen LogP contribution in [0.2, 0.25) is 0 Å². The predicted molar refractivity (Wildman–Crippen MR) is 68.9 cm³/mol. The summed E-state index contributed by atoms with van der Waals surface area (Å²) >= 11 is 0. The van der Waals surface area contributed by atoms with E-state index in [2.05, 4.69) is 10.3 Å². The molecule has 2 rings (SSSR count). The number of nitrogens with one attached hydrogen (secondary N) is 1. The molecule has 110 valence electrons. The van der Waals surface area contributed by atoms with Gasteiger partial charge in [0.1, 0.15) is 5.75 Å². The summed E-state index contributed by atoms with van der Waals surface area (Å²) in [5, 5.41) is 24.0. The molecule has 8 heteroatoms. The number of hydrogen-bond donors (Lipinski definition) is 3. The summed E-state index contributed by atoms with van der Waals surface area (Å²) in [6.07, 6.45) is 0. The third-order valence-electron chi connectivity index (χ3n) is 2.74. The monoisotopic (exact) mass is 292 g/mol. The average molecular weight is 292 g/mol. The van der Waals surface area contributed by atoms with Gasteiger partial charge in [-0.05, 0) is 19.1 Å². The minimum absolute atomic E-state index is 0.0756. The molecule has 2 aromatic rings. The topological polar surface area (TPSA) is 116 Å². The van der Waals surface area contributed by atoms with Gasteiger partial charge in [-0.2, -0.15) is 0 Å². The van der Waals surface area contributed by atoms with Crippen LogP contribution in [0.25, 0.3) is 0 Å². The maximum Gasteiger partial charge on any atom is 0.382 e. The van der Waals surface area contributed by atoms with Crippen molar-refractivity contribution in [3.05, 3.63) is 41.2 Å². The van der Waals surface area contributed by atoms with Crippen molar-refractivity contribution in [2.24, 2.45) is 0 Å². The first-order chi connectivity index (χ1) is 9.97. The van der Waals surface area contributed by atoms with E-state index >= 15 is 0 Å². The molecule has 0 atom stereocenters. The first kappa shape index (κ1) is 14.5. The number of ether oxygens (including phenoxy) is 1. The highest BCUT2D eigenvalue weighted by Crippen LogP contribution is 2.13. The van der Waals surface area contributed by atoms with Crippen molar-refractivity contribution in [1.82, 2.24) is 10.3 Å². The van der Waals surface area contributed by atoms with Gasteiger partial charge in [-0.15, -0.1) is 4.68 Å². The fourth-order valence-corrected chi connectivity index (χ4v) is 1.75. The van der Waals surface area contributed by atoms with Crippen molar-refractivity contribution < 1.29 is 29.2 Å². The van der Waals surface area contributed by atoms with E-state index in [-0.39, 0.29) is 18.0 Å². The van der Waals surface area contributed by atoms with E-state index in [0.717, 1.165) is 10.2 Å². The number of aromatic carboxylic acids is 1. The molecule has 0 bridgehead atoms. The SMILES string of the molecule is Cc1ccc(OCc2n[nH][n+](CC(=O)O)c2C(=O)O)cc1. The Morgan fingerprint density at radius 1 is 1.29 bits per heavy atom. The van der Waals surface area contributed by atoms with Crippen LogP contribution in [0.4, 0.5) is 0 Å². The quantitative estimate of drug-likeness (QED) is 0.662. The highest BCUT2D eigenvalue weighted by atomic mass is 16.5. The summed E-state index contributed by atoms with van der Waals surface area (Å²) in [7, 11) is 0. The maximum atomic E-state index is 11.2. The fraction of sp³-hybridized carbons (Fsp3) is 0.231. The Morgan fingerprint density at radius 2 is 1.95 bits per heavy atom. The summed E-state index contributed by atoms with van der Waals surface area (Å²) in [5.74, 6) is -1.87. The van der Waals surface area contributed by atoms with Crippen LogP contribution in [-0.4, -0.2) is 32.5 Å². The zero-order chi connectivity index (χ0) is 15.4. The van der Waals surface area contributed by atoms with Crippen molar-refractivity contribution in [3.8, 4) is 5.75 Å². The number of benzene rings is 1. The summed E-state index contributed by atoms with van der Waals surface area (Å²) in [6, 6.07) is 7.24. The van der Waals surface area contributed by atoms with Crippen molar-refractivity contribution >= 4 is 11.9 Å². The standard InChI is InChI=1S/C13H13N3O5/c1-8-2-4-9(5-3-8)21-7-10-12(13(19)20)16(15-14-10)6-11(17)18/h2-5H,6-7H2,1H3,(H2,17,18,19,20)/p+1. The van der Waals surface area contributed by atoms with Crippen molar-refractivity contribution in [2.75, 3.05) is 0 Å². The Hall–Kier alpha value is -2.90. The molecule has 0 aliphatic rings. The third-order valence-corrected chi connectivity index (χ3v) is 2.74. The number of carboxylic acid groups (broad SMARTS) is 2. The van der Waals surface area contributed by atoms with Gasteiger partial charge >= 0.3 is 11.9 Å². The Kier molecular flexibility index (Phi) is 4.17. The van der Waals surface area contributed by atoms with E-state index in [1.165, 1.54) is 0 Å². The van der Waals surface area contributed by atoms with Crippen LogP contribution in [0.15, 0.2) is 24.3 Å². The minimum atomic E-state index is -1.27. The number of aromatic nitrogens is 3. The molecule has 1 aromatic heterocycles. The number of aryl methyl sites for hydroxylation is 1. The lowest BCUT2D eigenvalue weighted by molar-refractivity contribution is -0.745. The predicted octanol–water partition coefficient (Wildman–Crippen LogP) is 0.367. The molecule has 0 saturated carbocycles. The Balaban J connectivity index is 2.16. The summed E-state index contributed by atoms with van der Waals surface area (Å²) in [4.78, 5) is 21.9. The fourth-order valence-electron chi connectivity index (χ4n) is 1.75. The molecule has 0 fully saturated rings. The van der Waals surface area contributed by atoms with Crippen molar-refractivity contribution in [3.63, 3.8) is 0 Å². The van der Waals surface area contributed by atoms with E-state index in [1.807, 2.05) is 19.1 Å². The summed E-state index contributed by atoms with van der Waals surface area (Å²) < 4.78 is 6.39. The molecule has 0 aliphatic heterocycles. The number of hydrogen-bond acceptors (Lipinski definition) is 4. The van der Waals surface area contributed by atoms with Gasteiger partial charge in [0.25, 0.3) is 11.4 Å². The van der Waals surface area contributed by atoms with Crippen LogP contribution in [0, 0.1) is 6.92 Å². The van der Waals surface area contributed by atoms with Gasteiger partial charge in [0.05, 0.1) is 0 Å². The van der Waals surface area contributed by atoms with Crippen LogP contribution in [-0.2, 0) is 17.9 Å². The Morgan fingerprint density at radius 3 is 2.52 bits per heavy atom. The number of aromatic amines is 1. The Bertz CT molecular complexity index is 663. The average Bonchev–Trinajstić information content (AvgIpc) is 2.80. The first-order valence-electron chi connectivity index (χ1n) is 6.09. The Labute approximate surface area is 119 Å². The number of aliphatic carboxylic acids is 1. The maximum absolute atomic E-state index is 11.2. The van der Waals surface area contributed by atoms with Crippen LogP contribution in [0.1, 0.15) is 21.7 Å². The van der Waals surface area contributed by atoms with Gasteiger partial charge in [-0.3, -0.25) is 0 Å². The molecule has 1 aromatic carbocycles. The molecule has 0 amide bonds. The second-order valence-electron chi connectivity index (χ2n) is 4.39. The summed E-state index contributed by atoms with van der Waals surface area (Å²) in [6.45, 7) is 1.35. The lowest BCUT2D eigenvalue weighted by Crippen LogP contribution is -2.45. The zero-order valence-electron chi connectivity index (χ0n) is 11.2. The lowest BCUT2D eigenvalue weighted by atomic mass is 10.2. The molecule has 0 saturated heterocycles. The molecular formula is C13H14N3O5+. The number of rotatable bonds is 6. The molecule has 0 aliphatic carbocycles. The van der Waals surface area contributed by atoms with E-state index in [9.17, 15) is 9.59 Å². The number of carbonyl (C=O) groups is 2.